The molecule has 1 atom stereocenters. The maximum absolute atomic E-state index is 5.24. The summed E-state index contributed by atoms with van der Waals surface area (Å²) in [5.74, 6) is 1.93. The molecule has 1 unspecified atom stereocenters. The molecule has 0 aromatic carbocycles. The molecule has 2 aromatic heterocycles. The van der Waals surface area contributed by atoms with Gasteiger partial charge in [-0.05, 0) is 43.0 Å². The lowest BCUT2D eigenvalue weighted by Gasteiger charge is -2.14. The van der Waals surface area contributed by atoms with Gasteiger partial charge in [-0.1, -0.05) is 13.8 Å². The number of tetrazole rings is 1. The second-order valence-corrected chi connectivity index (χ2v) is 5.51. The monoisotopic (exact) mass is 277 g/mol. The fraction of sp³-hybridized carbons (Fsp3) is 0.643. The van der Waals surface area contributed by atoms with Crippen molar-refractivity contribution in [2.24, 2.45) is 5.92 Å². The smallest absolute Gasteiger partial charge is 0.240 e. The fourth-order valence-corrected chi connectivity index (χ4v) is 1.94. The minimum Gasteiger partial charge on any atom is -0.461 e. The number of hydrogen-bond acceptors (Lipinski definition) is 5. The Morgan fingerprint density at radius 2 is 2.15 bits per heavy atom. The van der Waals surface area contributed by atoms with Crippen molar-refractivity contribution in [1.82, 2.24) is 25.5 Å². The number of hydrogen-bond donors (Lipinski definition) is 1. The Bertz CT molecular complexity index is 491. The molecule has 0 radical (unpaired) electrons. The first kappa shape index (κ1) is 14.7. The summed E-state index contributed by atoms with van der Waals surface area (Å²) in [5, 5.41) is 15.8. The van der Waals surface area contributed by atoms with E-state index in [0.717, 1.165) is 12.5 Å². The quantitative estimate of drug-likeness (QED) is 0.802. The zero-order valence-electron chi connectivity index (χ0n) is 12.4. The lowest BCUT2D eigenvalue weighted by Crippen LogP contribution is -2.30. The van der Waals surface area contributed by atoms with E-state index in [1.54, 1.807) is 11.1 Å². The van der Waals surface area contributed by atoms with Gasteiger partial charge < -0.3 is 9.73 Å². The molecule has 0 spiro atoms. The van der Waals surface area contributed by atoms with Crippen LogP contribution in [0.15, 0.2) is 22.8 Å². The number of nitrogens with one attached hydrogen (secondary N) is 1. The van der Waals surface area contributed by atoms with Gasteiger partial charge in [0.05, 0.1) is 12.8 Å². The molecular weight excluding hydrogens is 254 g/mol. The normalized spacial score (nSPS) is 13.0. The summed E-state index contributed by atoms with van der Waals surface area (Å²) in [7, 11) is 0. The molecule has 2 heterocycles. The zero-order valence-corrected chi connectivity index (χ0v) is 12.4. The van der Waals surface area contributed by atoms with E-state index >= 15 is 0 Å². The summed E-state index contributed by atoms with van der Waals surface area (Å²) >= 11 is 0. The summed E-state index contributed by atoms with van der Waals surface area (Å²) in [5.41, 5.74) is 0. The highest BCUT2D eigenvalue weighted by Crippen LogP contribution is 2.12. The predicted octanol–water partition coefficient (Wildman–Crippen LogP) is 2.35. The third-order valence-electron chi connectivity index (χ3n) is 3.18. The van der Waals surface area contributed by atoms with Crippen molar-refractivity contribution in [3.05, 3.63) is 18.4 Å². The van der Waals surface area contributed by atoms with E-state index < -0.39 is 0 Å². The molecule has 0 aliphatic rings. The summed E-state index contributed by atoms with van der Waals surface area (Å²) in [6, 6.07) is 4.16. The highest BCUT2D eigenvalue weighted by atomic mass is 16.3. The molecule has 0 saturated carbocycles. The lowest BCUT2D eigenvalue weighted by molar-refractivity contribution is 0.420. The van der Waals surface area contributed by atoms with Crippen molar-refractivity contribution in [2.45, 2.75) is 46.2 Å². The standard InChI is InChI=1S/C14H23N5O/c1-11(2)6-7-12(3)15-8-9-19-17-14(16-18-19)13-5-4-10-20-13/h4-5,10-12,15H,6-9H2,1-3H3. The first-order chi connectivity index (χ1) is 9.65. The van der Waals surface area contributed by atoms with Crippen LogP contribution in [0.25, 0.3) is 11.6 Å². The number of furan rings is 1. The lowest BCUT2D eigenvalue weighted by atomic mass is 10.0. The molecule has 6 heteroatoms. The van der Waals surface area contributed by atoms with Gasteiger partial charge in [0.25, 0.3) is 0 Å². The van der Waals surface area contributed by atoms with E-state index in [9.17, 15) is 0 Å². The highest BCUT2D eigenvalue weighted by Gasteiger charge is 2.08. The van der Waals surface area contributed by atoms with E-state index in [1.165, 1.54) is 12.8 Å². The van der Waals surface area contributed by atoms with Crippen LogP contribution in [0.1, 0.15) is 33.6 Å². The maximum atomic E-state index is 5.24. The van der Waals surface area contributed by atoms with E-state index in [-0.39, 0.29) is 0 Å². The molecule has 0 bridgehead atoms. The average Bonchev–Trinajstić information content (AvgIpc) is 3.06. The number of rotatable bonds is 8. The van der Waals surface area contributed by atoms with Gasteiger partial charge >= 0.3 is 0 Å². The van der Waals surface area contributed by atoms with E-state index in [1.807, 2.05) is 12.1 Å². The van der Waals surface area contributed by atoms with Crippen molar-refractivity contribution in [2.75, 3.05) is 6.54 Å². The molecule has 2 rings (SSSR count). The Morgan fingerprint density at radius 1 is 1.30 bits per heavy atom. The molecule has 1 N–H and O–H groups in total. The molecule has 0 aliphatic heterocycles. The minimum absolute atomic E-state index is 0.519. The van der Waals surface area contributed by atoms with Crippen molar-refractivity contribution < 1.29 is 4.42 Å². The largest absolute Gasteiger partial charge is 0.461 e. The molecule has 110 valence electrons. The van der Waals surface area contributed by atoms with Crippen molar-refractivity contribution in [3.63, 3.8) is 0 Å². The van der Waals surface area contributed by atoms with Crippen LogP contribution in [-0.4, -0.2) is 32.8 Å². The van der Waals surface area contributed by atoms with Gasteiger partial charge in [-0.2, -0.15) is 4.80 Å². The molecule has 0 fully saturated rings. The second-order valence-electron chi connectivity index (χ2n) is 5.51. The third kappa shape index (κ3) is 4.45. The Labute approximate surface area is 119 Å². The SMILES string of the molecule is CC(C)CCC(C)NCCn1nnc(-c2ccco2)n1. The Balaban J connectivity index is 1.72. The zero-order chi connectivity index (χ0) is 14.4. The van der Waals surface area contributed by atoms with Gasteiger partial charge in [0, 0.05) is 12.6 Å². The van der Waals surface area contributed by atoms with Crippen molar-refractivity contribution in [1.29, 1.82) is 0 Å². The Hall–Kier alpha value is -1.69. The summed E-state index contributed by atoms with van der Waals surface area (Å²) < 4.78 is 5.24. The molecule has 6 nitrogen and oxygen atoms in total. The van der Waals surface area contributed by atoms with Crippen LogP contribution in [0.2, 0.25) is 0 Å². The summed E-state index contributed by atoms with van der Waals surface area (Å²) in [6.07, 6.45) is 4.05. The maximum Gasteiger partial charge on any atom is 0.240 e. The van der Waals surface area contributed by atoms with Crippen LogP contribution in [0.4, 0.5) is 0 Å². The summed E-state index contributed by atoms with van der Waals surface area (Å²) in [4.78, 5) is 1.60. The van der Waals surface area contributed by atoms with Crippen molar-refractivity contribution >= 4 is 0 Å². The first-order valence-electron chi connectivity index (χ1n) is 7.20. The van der Waals surface area contributed by atoms with Gasteiger partial charge in [0.1, 0.15) is 0 Å². The minimum atomic E-state index is 0.519. The van der Waals surface area contributed by atoms with Crippen LogP contribution < -0.4 is 5.32 Å². The highest BCUT2D eigenvalue weighted by molar-refractivity contribution is 5.43. The van der Waals surface area contributed by atoms with E-state index in [4.69, 9.17) is 4.42 Å². The van der Waals surface area contributed by atoms with Gasteiger partial charge in [-0.3, -0.25) is 0 Å². The average molecular weight is 277 g/mol. The second kappa shape index (κ2) is 7.19. The van der Waals surface area contributed by atoms with Gasteiger partial charge in [0.2, 0.25) is 5.82 Å². The Kier molecular flexibility index (Phi) is 5.29. The fourth-order valence-electron chi connectivity index (χ4n) is 1.94. The summed E-state index contributed by atoms with van der Waals surface area (Å²) in [6.45, 7) is 8.27. The first-order valence-corrected chi connectivity index (χ1v) is 7.20. The third-order valence-corrected chi connectivity index (χ3v) is 3.18. The van der Waals surface area contributed by atoms with Gasteiger partial charge in [0.15, 0.2) is 5.76 Å². The van der Waals surface area contributed by atoms with Gasteiger partial charge in [-0.25, -0.2) is 0 Å². The molecule has 2 aromatic rings. The predicted molar refractivity (Wildman–Crippen MR) is 77.1 cm³/mol. The van der Waals surface area contributed by atoms with Gasteiger partial charge in [-0.15, -0.1) is 10.2 Å². The van der Waals surface area contributed by atoms with Crippen LogP contribution >= 0.6 is 0 Å². The van der Waals surface area contributed by atoms with Crippen molar-refractivity contribution in [3.8, 4) is 11.6 Å². The van der Waals surface area contributed by atoms with Crippen LogP contribution in [0.5, 0.6) is 0 Å². The molecule has 0 amide bonds. The number of nitrogens with zero attached hydrogens (tertiary/aromatic N) is 4. The van der Waals surface area contributed by atoms with E-state index in [0.29, 0.717) is 24.2 Å². The van der Waals surface area contributed by atoms with Crippen LogP contribution in [0.3, 0.4) is 0 Å². The molecule has 0 aliphatic carbocycles. The van der Waals surface area contributed by atoms with Crippen LogP contribution in [0, 0.1) is 5.92 Å². The van der Waals surface area contributed by atoms with Crippen LogP contribution in [-0.2, 0) is 6.54 Å². The molecular formula is C14H23N5O. The van der Waals surface area contributed by atoms with E-state index in [2.05, 4.69) is 41.5 Å². The topological polar surface area (TPSA) is 68.8 Å². The Morgan fingerprint density at radius 3 is 2.85 bits per heavy atom. The molecule has 0 saturated heterocycles. The number of aromatic nitrogens is 4. The molecule has 20 heavy (non-hydrogen) atoms.